The molecule has 104 valence electrons. The van der Waals surface area contributed by atoms with Crippen molar-refractivity contribution >= 4 is 22.8 Å². The van der Waals surface area contributed by atoms with Gasteiger partial charge in [-0.2, -0.15) is 18.2 Å². The summed E-state index contributed by atoms with van der Waals surface area (Å²) in [5.74, 6) is 0. The molecule has 0 amide bonds. The Morgan fingerprint density at radius 3 is 2.63 bits per heavy atom. The van der Waals surface area contributed by atoms with Crippen molar-refractivity contribution in [2.24, 2.45) is 0 Å². The smallest absolute Gasteiger partial charge is 0.406 e. The summed E-state index contributed by atoms with van der Waals surface area (Å²) in [4.78, 5) is 5.12. The molecule has 0 aliphatic rings. The van der Waals surface area contributed by atoms with Gasteiger partial charge in [-0.05, 0) is 32.0 Å². The molecule has 0 aliphatic carbocycles. The zero-order valence-corrected chi connectivity index (χ0v) is 10.5. The summed E-state index contributed by atoms with van der Waals surface area (Å²) in [6.45, 7) is 2.19. The number of benzene rings is 1. The summed E-state index contributed by atoms with van der Waals surface area (Å²) in [6.07, 6.45) is -4.32. The number of fused-ring (bicyclic) bond motifs is 1. The summed E-state index contributed by atoms with van der Waals surface area (Å²) >= 11 is 0. The molecule has 0 fully saturated rings. The fraction of sp³-hybridized carbons (Fsp3) is 0.417. The van der Waals surface area contributed by atoms with Crippen molar-refractivity contribution in [1.29, 1.82) is 0 Å². The Hall–Kier alpha value is -1.92. The number of anilines is 2. The fourth-order valence-corrected chi connectivity index (χ4v) is 1.72. The number of rotatable bonds is 3. The van der Waals surface area contributed by atoms with Crippen molar-refractivity contribution < 1.29 is 17.6 Å². The topological polar surface area (TPSA) is 55.3 Å². The van der Waals surface area contributed by atoms with Crippen LogP contribution in [0.3, 0.4) is 0 Å². The summed E-state index contributed by atoms with van der Waals surface area (Å²) in [5.41, 5.74) is 6.94. The van der Waals surface area contributed by atoms with Crippen molar-refractivity contribution in [2.75, 3.05) is 17.2 Å². The van der Waals surface area contributed by atoms with Gasteiger partial charge in [-0.15, -0.1) is 0 Å². The largest absolute Gasteiger partial charge is 0.423 e. The molecule has 0 radical (unpaired) electrons. The Balaban J connectivity index is 2.39. The van der Waals surface area contributed by atoms with Crippen LogP contribution in [0.25, 0.3) is 11.1 Å². The van der Waals surface area contributed by atoms with Crippen LogP contribution in [-0.2, 0) is 0 Å². The van der Waals surface area contributed by atoms with Gasteiger partial charge >= 0.3 is 6.18 Å². The minimum atomic E-state index is -4.32. The van der Waals surface area contributed by atoms with Gasteiger partial charge in [0.2, 0.25) is 0 Å². The van der Waals surface area contributed by atoms with Crippen LogP contribution in [0.15, 0.2) is 22.6 Å². The van der Waals surface area contributed by atoms with Gasteiger partial charge in [0.25, 0.3) is 6.01 Å². The quantitative estimate of drug-likeness (QED) is 0.872. The van der Waals surface area contributed by atoms with Gasteiger partial charge in [-0.25, -0.2) is 0 Å². The third-order valence-corrected chi connectivity index (χ3v) is 2.62. The maximum Gasteiger partial charge on any atom is 0.406 e. The number of aromatic nitrogens is 1. The molecule has 19 heavy (non-hydrogen) atoms. The Kier molecular flexibility index (Phi) is 3.30. The zero-order chi connectivity index (χ0) is 14.2. The average Bonchev–Trinajstić information content (AvgIpc) is 2.66. The lowest BCUT2D eigenvalue weighted by Crippen LogP contribution is -2.39. The SMILES string of the molecule is CC(C)N(CC(F)(F)F)c1nc2cc(N)ccc2o1. The summed E-state index contributed by atoms with van der Waals surface area (Å²) < 4.78 is 43.0. The first-order chi connectivity index (χ1) is 8.76. The monoisotopic (exact) mass is 273 g/mol. The molecule has 2 aromatic rings. The van der Waals surface area contributed by atoms with Gasteiger partial charge < -0.3 is 15.1 Å². The molecule has 0 spiro atoms. The lowest BCUT2D eigenvalue weighted by molar-refractivity contribution is -0.121. The first-order valence-electron chi connectivity index (χ1n) is 5.76. The van der Waals surface area contributed by atoms with Crippen LogP contribution >= 0.6 is 0 Å². The van der Waals surface area contributed by atoms with Crippen molar-refractivity contribution in [3.63, 3.8) is 0 Å². The molecule has 0 bridgehead atoms. The summed E-state index contributed by atoms with van der Waals surface area (Å²) in [7, 11) is 0. The number of hydrogen-bond donors (Lipinski definition) is 1. The normalized spacial score (nSPS) is 12.3. The van der Waals surface area contributed by atoms with E-state index in [1.807, 2.05) is 0 Å². The van der Waals surface area contributed by atoms with Crippen LogP contribution in [0.2, 0.25) is 0 Å². The van der Waals surface area contributed by atoms with Crippen LogP contribution in [0.4, 0.5) is 24.9 Å². The number of oxazole rings is 1. The number of nitrogens with zero attached hydrogens (tertiary/aromatic N) is 2. The molecule has 0 saturated heterocycles. The maximum absolute atomic E-state index is 12.5. The highest BCUT2D eigenvalue weighted by molar-refractivity contribution is 5.78. The van der Waals surface area contributed by atoms with Gasteiger partial charge in [-0.3, -0.25) is 0 Å². The Labute approximate surface area is 108 Å². The van der Waals surface area contributed by atoms with E-state index in [2.05, 4.69) is 4.98 Å². The number of nitrogen functional groups attached to an aromatic ring is 1. The van der Waals surface area contributed by atoms with E-state index in [1.54, 1.807) is 32.0 Å². The lowest BCUT2D eigenvalue weighted by atomic mass is 10.3. The molecule has 1 aromatic heterocycles. The molecular formula is C12H14F3N3O. The predicted octanol–water partition coefficient (Wildman–Crippen LogP) is 3.19. The van der Waals surface area contributed by atoms with Crippen molar-refractivity contribution in [1.82, 2.24) is 4.98 Å². The third kappa shape index (κ3) is 3.10. The Bertz CT molecular complexity index is 577. The second-order valence-electron chi connectivity index (χ2n) is 4.56. The van der Waals surface area contributed by atoms with Gasteiger partial charge in [-0.1, -0.05) is 0 Å². The maximum atomic E-state index is 12.5. The highest BCUT2D eigenvalue weighted by Gasteiger charge is 2.34. The molecule has 4 nitrogen and oxygen atoms in total. The number of nitrogens with two attached hydrogens (primary N) is 1. The second kappa shape index (κ2) is 4.64. The van der Waals surface area contributed by atoms with Crippen LogP contribution in [0.1, 0.15) is 13.8 Å². The minimum Gasteiger partial charge on any atom is -0.423 e. The molecule has 1 heterocycles. The standard InChI is InChI=1S/C12H14F3N3O/c1-7(2)18(6-12(13,14)15)11-17-9-5-8(16)3-4-10(9)19-11/h3-5,7H,6,16H2,1-2H3. The van der Waals surface area contributed by atoms with Crippen LogP contribution < -0.4 is 10.6 Å². The van der Waals surface area contributed by atoms with E-state index in [0.717, 1.165) is 4.90 Å². The summed E-state index contributed by atoms with van der Waals surface area (Å²) in [6, 6.07) is 4.34. The number of alkyl halides is 3. The van der Waals surface area contributed by atoms with E-state index in [4.69, 9.17) is 10.2 Å². The Morgan fingerprint density at radius 1 is 1.37 bits per heavy atom. The molecule has 0 aliphatic heterocycles. The lowest BCUT2D eigenvalue weighted by Gasteiger charge is -2.25. The van der Waals surface area contributed by atoms with Gasteiger partial charge in [0.1, 0.15) is 12.1 Å². The van der Waals surface area contributed by atoms with Crippen molar-refractivity contribution in [2.45, 2.75) is 26.1 Å². The van der Waals surface area contributed by atoms with E-state index in [9.17, 15) is 13.2 Å². The first-order valence-corrected chi connectivity index (χ1v) is 5.76. The highest BCUT2D eigenvalue weighted by atomic mass is 19.4. The van der Waals surface area contributed by atoms with E-state index in [1.165, 1.54) is 0 Å². The molecule has 7 heteroatoms. The second-order valence-corrected chi connectivity index (χ2v) is 4.56. The van der Waals surface area contributed by atoms with Crippen LogP contribution in [0.5, 0.6) is 0 Å². The highest BCUT2D eigenvalue weighted by Crippen LogP contribution is 2.27. The minimum absolute atomic E-state index is 0.0482. The fourth-order valence-electron chi connectivity index (χ4n) is 1.72. The van der Waals surface area contributed by atoms with Gasteiger partial charge in [0, 0.05) is 11.7 Å². The van der Waals surface area contributed by atoms with E-state index >= 15 is 0 Å². The predicted molar refractivity (Wildman–Crippen MR) is 67.0 cm³/mol. The molecule has 0 saturated carbocycles. The molecule has 0 atom stereocenters. The molecular weight excluding hydrogens is 259 g/mol. The van der Waals surface area contributed by atoms with E-state index in [0.29, 0.717) is 16.8 Å². The zero-order valence-electron chi connectivity index (χ0n) is 10.5. The third-order valence-electron chi connectivity index (χ3n) is 2.62. The van der Waals surface area contributed by atoms with Gasteiger partial charge in [0.05, 0.1) is 0 Å². The molecule has 0 unspecified atom stereocenters. The van der Waals surface area contributed by atoms with Crippen LogP contribution in [-0.4, -0.2) is 23.7 Å². The summed E-state index contributed by atoms with van der Waals surface area (Å²) in [5, 5.41) is 0. The van der Waals surface area contributed by atoms with Gasteiger partial charge in [0.15, 0.2) is 5.58 Å². The molecule has 1 aromatic carbocycles. The average molecular weight is 273 g/mol. The molecule has 2 N–H and O–H groups in total. The van der Waals surface area contributed by atoms with Crippen molar-refractivity contribution in [3.05, 3.63) is 18.2 Å². The number of hydrogen-bond acceptors (Lipinski definition) is 4. The first kappa shape index (κ1) is 13.5. The number of halogens is 3. The van der Waals surface area contributed by atoms with Crippen molar-refractivity contribution in [3.8, 4) is 0 Å². The Morgan fingerprint density at radius 2 is 2.05 bits per heavy atom. The van der Waals surface area contributed by atoms with E-state index in [-0.39, 0.29) is 12.1 Å². The van der Waals surface area contributed by atoms with Crippen LogP contribution in [0, 0.1) is 0 Å². The van der Waals surface area contributed by atoms with E-state index < -0.39 is 12.7 Å². The molecule has 2 rings (SSSR count).